The van der Waals surface area contributed by atoms with E-state index in [2.05, 4.69) is 20.7 Å². The van der Waals surface area contributed by atoms with E-state index in [0.29, 0.717) is 26.9 Å². The van der Waals surface area contributed by atoms with Crippen LogP contribution in [0, 0.1) is 0 Å². The summed E-state index contributed by atoms with van der Waals surface area (Å²) in [6.07, 6.45) is -3.71. The van der Waals surface area contributed by atoms with Gasteiger partial charge >= 0.3 is 6.18 Å². The van der Waals surface area contributed by atoms with Gasteiger partial charge in [0.05, 0.1) is 24.5 Å². The highest BCUT2D eigenvalue weighted by atomic mass is 79.9. The standard InChI is InChI=1S/C22H17BrF3NO4S/c1-30-17-10-5-11-18-19(17)15-8-4-9-16(23)20(15)21(31-18,27-32(2,28)29)13-6-3-7-14(12-13)22(24,25)26/h3-12,27H,1-2H3. The van der Waals surface area contributed by atoms with Gasteiger partial charge in [-0.1, -0.05) is 46.3 Å². The molecule has 1 aliphatic heterocycles. The van der Waals surface area contributed by atoms with Crippen molar-refractivity contribution in [2.24, 2.45) is 0 Å². The van der Waals surface area contributed by atoms with Crippen molar-refractivity contribution in [1.29, 1.82) is 0 Å². The van der Waals surface area contributed by atoms with Crippen LogP contribution in [0.1, 0.15) is 16.7 Å². The zero-order valence-electron chi connectivity index (χ0n) is 16.8. The van der Waals surface area contributed by atoms with Crippen molar-refractivity contribution in [1.82, 2.24) is 4.72 Å². The van der Waals surface area contributed by atoms with Crippen molar-refractivity contribution < 1.29 is 31.1 Å². The summed E-state index contributed by atoms with van der Waals surface area (Å²) in [5, 5.41) is 0. The van der Waals surface area contributed by atoms with Crippen molar-refractivity contribution >= 4 is 26.0 Å². The first kappa shape index (κ1) is 22.6. The molecule has 0 amide bonds. The topological polar surface area (TPSA) is 64.6 Å². The summed E-state index contributed by atoms with van der Waals surface area (Å²) in [5.41, 5.74) is -1.51. The monoisotopic (exact) mass is 527 g/mol. The summed E-state index contributed by atoms with van der Waals surface area (Å²) in [5.74, 6) is 0.724. The van der Waals surface area contributed by atoms with Gasteiger partial charge in [-0.15, -0.1) is 0 Å². The van der Waals surface area contributed by atoms with Gasteiger partial charge in [-0.2, -0.15) is 17.9 Å². The molecule has 5 nitrogen and oxygen atoms in total. The van der Waals surface area contributed by atoms with Crippen LogP contribution >= 0.6 is 15.9 Å². The van der Waals surface area contributed by atoms with Crippen LogP contribution in [0.4, 0.5) is 13.2 Å². The molecule has 10 heteroatoms. The molecular weight excluding hydrogens is 511 g/mol. The maximum absolute atomic E-state index is 13.5. The highest BCUT2D eigenvalue weighted by Crippen LogP contribution is 2.53. The molecule has 0 saturated carbocycles. The molecule has 3 aromatic rings. The van der Waals surface area contributed by atoms with Crippen LogP contribution in [0.3, 0.4) is 0 Å². The van der Waals surface area contributed by atoms with Gasteiger partial charge in [-0.3, -0.25) is 0 Å². The van der Waals surface area contributed by atoms with Gasteiger partial charge in [0.25, 0.3) is 0 Å². The van der Waals surface area contributed by atoms with Crippen molar-refractivity contribution in [2.45, 2.75) is 11.9 Å². The molecule has 0 aliphatic carbocycles. The van der Waals surface area contributed by atoms with Crippen LogP contribution in [-0.2, 0) is 21.9 Å². The predicted molar refractivity (Wildman–Crippen MR) is 117 cm³/mol. The summed E-state index contributed by atoms with van der Waals surface area (Å²) in [4.78, 5) is 0. The number of ether oxygens (including phenoxy) is 2. The van der Waals surface area contributed by atoms with Gasteiger partial charge < -0.3 is 9.47 Å². The molecule has 0 bridgehead atoms. The normalized spacial score (nSPS) is 17.8. The summed E-state index contributed by atoms with van der Waals surface area (Å²) >= 11 is 3.44. The molecule has 1 N–H and O–H groups in total. The zero-order valence-corrected chi connectivity index (χ0v) is 19.2. The Morgan fingerprint density at radius 1 is 1.06 bits per heavy atom. The molecule has 0 fully saturated rings. The Morgan fingerprint density at radius 2 is 1.75 bits per heavy atom. The van der Waals surface area contributed by atoms with E-state index in [1.807, 2.05) is 0 Å². The van der Waals surface area contributed by atoms with Gasteiger partial charge in [0.15, 0.2) is 0 Å². The molecule has 0 radical (unpaired) electrons. The molecule has 3 aromatic carbocycles. The third-order valence-electron chi connectivity index (χ3n) is 5.03. The second-order valence-corrected chi connectivity index (χ2v) is 9.83. The van der Waals surface area contributed by atoms with Gasteiger partial charge in [0.2, 0.25) is 15.7 Å². The van der Waals surface area contributed by atoms with E-state index in [4.69, 9.17) is 9.47 Å². The van der Waals surface area contributed by atoms with Crippen LogP contribution in [-0.4, -0.2) is 21.8 Å². The Morgan fingerprint density at radius 3 is 2.41 bits per heavy atom. The van der Waals surface area contributed by atoms with Crippen molar-refractivity contribution in [3.05, 3.63) is 81.8 Å². The molecule has 1 unspecified atom stereocenters. The zero-order chi connectivity index (χ0) is 23.3. The van der Waals surface area contributed by atoms with Crippen molar-refractivity contribution in [3.8, 4) is 22.6 Å². The van der Waals surface area contributed by atoms with Crippen molar-refractivity contribution in [2.75, 3.05) is 13.4 Å². The fourth-order valence-electron chi connectivity index (χ4n) is 3.85. The van der Waals surface area contributed by atoms with Gasteiger partial charge in [-0.25, -0.2) is 8.42 Å². The number of nitrogens with one attached hydrogen (secondary N) is 1. The summed E-state index contributed by atoms with van der Waals surface area (Å²) in [6, 6.07) is 14.5. The van der Waals surface area contributed by atoms with E-state index in [9.17, 15) is 21.6 Å². The molecule has 0 saturated heterocycles. The lowest BCUT2D eigenvalue weighted by atomic mass is 9.84. The number of sulfonamides is 1. The number of benzene rings is 3. The van der Waals surface area contributed by atoms with E-state index < -0.39 is 27.5 Å². The average Bonchev–Trinajstić information content (AvgIpc) is 2.71. The number of fused-ring (bicyclic) bond motifs is 3. The fourth-order valence-corrected chi connectivity index (χ4v) is 5.28. The fraction of sp³-hybridized carbons (Fsp3) is 0.182. The van der Waals surface area contributed by atoms with Crippen LogP contribution < -0.4 is 14.2 Å². The first-order valence-corrected chi connectivity index (χ1v) is 12.0. The van der Waals surface area contributed by atoms with Gasteiger partial charge in [-0.05, 0) is 35.9 Å². The Labute approximate surface area is 191 Å². The Bertz CT molecular complexity index is 1310. The number of halogens is 4. The minimum Gasteiger partial charge on any atom is -0.496 e. The maximum atomic E-state index is 13.5. The first-order valence-electron chi connectivity index (χ1n) is 9.28. The largest absolute Gasteiger partial charge is 0.496 e. The maximum Gasteiger partial charge on any atom is 0.416 e. The van der Waals surface area contributed by atoms with Crippen LogP contribution in [0.25, 0.3) is 11.1 Å². The smallest absolute Gasteiger partial charge is 0.416 e. The molecule has 0 spiro atoms. The second-order valence-electron chi connectivity index (χ2n) is 7.23. The highest BCUT2D eigenvalue weighted by Gasteiger charge is 2.48. The average molecular weight is 528 g/mol. The quantitative estimate of drug-likeness (QED) is 0.500. The molecule has 168 valence electrons. The number of hydrogen-bond donors (Lipinski definition) is 1. The SMILES string of the molecule is COc1cccc2c1-c1cccc(Br)c1C(NS(C)(=O)=O)(c1cccc(C(F)(F)F)c1)O2. The van der Waals surface area contributed by atoms with E-state index in [1.54, 1.807) is 36.4 Å². The van der Waals surface area contributed by atoms with Crippen LogP contribution in [0.15, 0.2) is 65.1 Å². The minimum absolute atomic E-state index is 0.0284. The minimum atomic E-state index is -4.63. The molecule has 1 aliphatic rings. The summed E-state index contributed by atoms with van der Waals surface area (Å²) < 4.78 is 80.0. The van der Waals surface area contributed by atoms with E-state index >= 15 is 0 Å². The Balaban J connectivity index is 2.11. The highest BCUT2D eigenvalue weighted by molar-refractivity contribution is 9.10. The first-order chi connectivity index (χ1) is 15.0. The lowest BCUT2D eigenvalue weighted by Gasteiger charge is -2.41. The Hall–Kier alpha value is -2.56. The second kappa shape index (κ2) is 7.79. The number of rotatable bonds is 4. The van der Waals surface area contributed by atoms with Gasteiger partial charge in [0, 0.05) is 15.6 Å². The predicted octanol–water partition coefficient (Wildman–Crippen LogP) is 5.29. The summed E-state index contributed by atoms with van der Waals surface area (Å²) in [7, 11) is -2.48. The van der Waals surface area contributed by atoms with Gasteiger partial charge in [0.1, 0.15) is 11.5 Å². The van der Waals surface area contributed by atoms with E-state index in [-0.39, 0.29) is 11.3 Å². The van der Waals surface area contributed by atoms with Crippen LogP contribution in [0.2, 0.25) is 0 Å². The molecule has 4 rings (SSSR count). The van der Waals surface area contributed by atoms with E-state index in [1.165, 1.54) is 19.2 Å². The lowest BCUT2D eigenvalue weighted by molar-refractivity contribution is -0.137. The molecule has 1 atom stereocenters. The number of methoxy groups -OCH3 is 1. The van der Waals surface area contributed by atoms with Crippen LogP contribution in [0.5, 0.6) is 11.5 Å². The number of hydrogen-bond acceptors (Lipinski definition) is 4. The molecule has 0 aromatic heterocycles. The van der Waals surface area contributed by atoms with E-state index in [0.717, 1.165) is 18.4 Å². The van der Waals surface area contributed by atoms with Crippen molar-refractivity contribution in [3.63, 3.8) is 0 Å². The third-order valence-corrected chi connectivity index (χ3v) is 6.35. The molecule has 1 heterocycles. The number of alkyl halides is 3. The summed E-state index contributed by atoms with van der Waals surface area (Å²) in [6.45, 7) is 0. The molecule has 32 heavy (non-hydrogen) atoms. The lowest BCUT2D eigenvalue weighted by Crippen LogP contribution is -2.52. The molecular formula is C22H17BrF3NO4S. The third kappa shape index (κ3) is 3.87. The Kier molecular flexibility index (Phi) is 5.51.